The van der Waals surface area contributed by atoms with Crippen LogP contribution in [-0.4, -0.2) is 62.2 Å². The summed E-state index contributed by atoms with van der Waals surface area (Å²) in [6, 6.07) is 14.0. The molecular weight excluding hydrogens is 482 g/mol. The van der Waals surface area contributed by atoms with Crippen molar-refractivity contribution in [2.24, 2.45) is 4.99 Å². The van der Waals surface area contributed by atoms with E-state index >= 15 is 0 Å². The molecule has 10 heteroatoms. The monoisotopic (exact) mass is 505 g/mol. The Bertz CT molecular complexity index is 1260. The molecule has 1 aromatic carbocycles. The first-order valence-electron chi connectivity index (χ1n) is 11.3. The van der Waals surface area contributed by atoms with E-state index in [1.54, 1.807) is 30.3 Å². The van der Waals surface area contributed by atoms with Crippen LogP contribution in [0.4, 0.5) is 0 Å². The molecule has 0 aliphatic carbocycles. The predicted octanol–water partition coefficient (Wildman–Crippen LogP) is 4.17. The third kappa shape index (κ3) is 5.11. The van der Waals surface area contributed by atoms with Crippen LogP contribution in [0.3, 0.4) is 0 Å². The molecule has 0 saturated carbocycles. The molecule has 2 aliphatic rings. The van der Waals surface area contributed by atoms with Crippen molar-refractivity contribution in [2.45, 2.75) is 23.2 Å². The Kier molecular flexibility index (Phi) is 7.16. The number of guanidine groups is 1. The number of hydrogen-bond donors (Lipinski definition) is 1. The molecule has 178 valence electrons. The summed E-state index contributed by atoms with van der Waals surface area (Å²) in [7, 11) is 0. The van der Waals surface area contributed by atoms with Gasteiger partial charge in [0.2, 0.25) is 12.2 Å². The quantitative estimate of drug-likeness (QED) is 0.186. The van der Waals surface area contributed by atoms with Gasteiger partial charge in [-0.1, -0.05) is 29.8 Å². The molecule has 8 nitrogen and oxygen atoms in total. The first-order valence-corrected chi connectivity index (χ1v) is 12.7. The Hall–Kier alpha value is -3.16. The summed E-state index contributed by atoms with van der Waals surface area (Å²) in [5, 5.41) is 20.8. The van der Waals surface area contributed by atoms with Crippen LogP contribution in [0, 0.1) is 11.5 Å². The van der Waals surface area contributed by atoms with Crippen LogP contribution in [-0.2, 0) is 12.3 Å². The molecule has 0 amide bonds. The third-order valence-corrected chi connectivity index (χ3v) is 7.57. The molecule has 2 aromatic heterocycles. The number of hydrogen-bond acceptors (Lipinski definition) is 7. The first kappa shape index (κ1) is 23.6. The zero-order valence-electron chi connectivity index (χ0n) is 19.0. The molecular formula is C25H24ClN7OS. The number of rotatable bonds is 3. The summed E-state index contributed by atoms with van der Waals surface area (Å²) >= 11 is 8.11. The van der Waals surface area contributed by atoms with Crippen LogP contribution in [0.2, 0.25) is 5.02 Å². The number of benzene rings is 1. The molecule has 1 fully saturated rings. The maximum Gasteiger partial charge on any atom is 0.236 e. The number of nitrogens with zero attached hydrogens (tertiary/aromatic N) is 7. The van der Waals surface area contributed by atoms with Gasteiger partial charge in [-0.25, -0.2) is 4.99 Å². The van der Waals surface area contributed by atoms with E-state index in [9.17, 15) is 10.5 Å². The fraction of sp³-hybridized carbons (Fsp3) is 0.280. The molecule has 4 heterocycles. The van der Waals surface area contributed by atoms with Gasteiger partial charge in [0.05, 0.1) is 18.3 Å². The van der Waals surface area contributed by atoms with E-state index in [1.165, 1.54) is 16.0 Å². The summed E-state index contributed by atoms with van der Waals surface area (Å²) in [6.45, 7) is 2.99. The number of hydroxylamine groups is 2. The van der Waals surface area contributed by atoms with Crippen LogP contribution in [0.25, 0.3) is 0 Å². The number of pyridine rings is 2. The smallest absolute Gasteiger partial charge is 0.236 e. The minimum atomic E-state index is 0.00703. The molecule has 0 bridgehead atoms. The van der Waals surface area contributed by atoms with Crippen molar-refractivity contribution in [2.75, 3.05) is 26.2 Å². The number of piperazine rings is 1. The van der Waals surface area contributed by atoms with Gasteiger partial charge in [0.15, 0.2) is 0 Å². The average Bonchev–Trinajstić information content (AvgIpc) is 3.06. The normalized spacial score (nSPS) is 18.3. The summed E-state index contributed by atoms with van der Waals surface area (Å²) in [6.07, 6.45) is 7.06. The maximum atomic E-state index is 10.2. The second-order valence-corrected chi connectivity index (χ2v) is 9.79. The molecule has 1 atom stereocenters. The standard InChI is InChI=1S/C25H24ClN7OS/c26-20-5-6-21-22(13-20)35-16-19-4-2-8-29-23(19)24(21)31-9-11-32(12-10-31)25(33(34)17-27)30-15-18-3-1-7-28-14-18/h1-8,13-14,24,34H,9-12,15-16H2. The van der Waals surface area contributed by atoms with Crippen LogP contribution < -0.4 is 0 Å². The van der Waals surface area contributed by atoms with Gasteiger partial charge < -0.3 is 4.90 Å². The lowest BCUT2D eigenvalue weighted by Gasteiger charge is -2.40. The number of halogens is 1. The van der Waals surface area contributed by atoms with Crippen molar-refractivity contribution in [3.63, 3.8) is 0 Å². The van der Waals surface area contributed by atoms with Gasteiger partial charge in [-0.05, 0) is 41.0 Å². The Morgan fingerprint density at radius 3 is 2.80 bits per heavy atom. The van der Waals surface area contributed by atoms with Crippen molar-refractivity contribution in [3.8, 4) is 6.19 Å². The predicted molar refractivity (Wildman–Crippen MR) is 135 cm³/mol. The third-order valence-electron chi connectivity index (χ3n) is 6.21. The van der Waals surface area contributed by atoms with E-state index in [0.717, 1.165) is 35.1 Å². The van der Waals surface area contributed by atoms with E-state index in [4.69, 9.17) is 16.6 Å². The minimum Gasteiger partial charge on any atom is -0.338 e. The highest BCUT2D eigenvalue weighted by Gasteiger charge is 2.33. The summed E-state index contributed by atoms with van der Waals surface area (Å²) in [5.74, 6) is 1.10. The fourth-order valence-electron chi connectivity index (χ4n) is 4.53. The number of fused-ring (bicyclic) bond motifs is 2. The van der Waals surface area contributed by atoms with Crippen molar-refractivity contribution < 1.29 is 5.21 Å². The van der Waals surface area contributed by atoms with Crippen LogP contribution in [0.1, 0.15) is 28.4 Å². The van der Waals surface area contributed by atoms with Gasteiger partial charge in [0.1, 0.15) is 0 Å². The minimum absolute atomic E-state index is 0.00703. The Labute approximate surface area is 213 Å². The van der Waals surface area contributed by atoms with E-state index in [0.29, 0.717) is 24.7 Å². The van der Waals surface area contributed by atoms with Crippen molar-refractivity contribution in [1.82, 2.24) is 24.8 Å². The molecule has 0 radical (unpaired) electrons. The molecule has 5 rings (SSSR count). The molecule has 1 N–H and O–H groups in total. The van der Waals surface area contributed by atoms with E-state index in [-0.39, 0.29) is 12.0 Å². The van der Waals surface area contributed by atoms with Gasteiger partial charge in [0, 0.05) is 60.4 Å². The lowest BCUT2D eigenvalue weighted by atomic mass is 9.97. The second-order valence-electron chi connectivity index (χ2n) is 8.33. The maximum absolute atomic E-state index is 10.2. The molecule has 0 spiro atoms. The van der Waals surface area contributed by atoms with E-state index in [2.05, 4.69) is 27.0 Å². The van der Waals surface area contributed by atoms with Gasteiger partial charge in [-0.3, -0.25) is 20.1 Å². The van der Waals surface area contributed by atoms with Crippen LogP contribution >= 0.6 is 23.4 Å². The van der Waals surface area contributed by atoms with Crippen molar-refractivity contribution in [1.29, 1.82) is 5.26 Å². The Morgan fingerprint density at radius 2 is 2.03 bits per heavy atom. The van der Waals surface area contributed by atoms with Crippen LogP contribution in [0.5, 0.6) is 0 Å². The number of aliphatic imine (C=N–C) groups is 1. The van der Waals surface area contributed by atoms with Gasteiger partial charge in [-0.15, -0.1) is 16.8 Å². The SMILES string of the molecule is N#CN(O)C(=NCc1cccnc1)N1CCN(C2c3ccc(Cl)cc3SCc3cccnc32)CC1. The topological polar surface area (TPSA) is 91.9 Å². The highest BCUT2D eigenvalue weighted by molar-refractivity contribution is 7.98. The molecule has 1 saturated heterocycles. The Morgan fingerprint density at radius 1 is 1.20 bits per heavy atom. The highest BCUT2D eigenvalue weighted by atomic mass is 35.5. The van der Waals surface area contributed by atoms with Gasteiger partial charge in [-0.2, -0.15) is 5.26 Å². The Balaban J connectivity index is 1.39. The lowest BCUT2D eigenvalue weighted by molar-refractivity contribution is 0.0236. The molecule has 2 aliphatic heterocycles. The number of thioether (sulfide) groups is 1. The lowest BCUT2D eigenvalue weighted by Crippen LogP contribution is -2.53. The zero-order chi connectivity index (χ0) is 24.2. The second kappa shape index (κ2) is 10.6. The summed E-state index contributed by atoms with van der Waals surface area (Å²) < 4.78 is 0. The fourth-order valence-corrected chi connectivity index (χ4v) is 5.88. The molecule has 3 aromatic rings. The first-order chi connectivity index (χ1) is 17.1. The van der Waals surface area contributed by atoms with Crippen molar-refractivity contribution >= 4 is 29.3 Å². The van der Waals surface area contributed by atoms with E-state index < -0.39 is 0 Å². The van der Waals surface area contributed by atoms with Crippen LogP contribution in [0.15, 0.2) is 70.9 Å². The van der Waals surface area contributed by atoms with Gasteiger partial charge >= 0.3 is 0 Å². The van der Waals surface area contributed by atoms with E-state index in [1.807, 2.05) is 41.4 Å². The largest absolute Gasteiger partial charge is 0.338 e. The average molecular weight is 506 g/mol. The molecule has 35 heavy (non-hydrogen) atoms. The molecule has 1 unspecified atom stereocenters. The number of aromatic nitrogens is 2. The zero-order valence-corrected chi connectivity index (χ0v) is 20.5. The summed E-state index contributed by atoms with van der Waals surface area (Å²) in [5.41, 5.74) is 4.41. The highest BCUT2D eigenvalue weighted by Crippen LogP contribution is 2.42. The van der Waals surface area contributed by atoms with Crippen molar-refractivity contribution in [3.05, 3.63) is 88.5 Å². The summed E-state index contributed by atoms with van der Waals surface area (Å²) in [4.78, 5) is 19.0. The van der Waals surface area contributed by atoms with Gasteiger partial charge in [0.25, 0.3) is 0 Å². The number of nitriles is 1.